The van der Waals surface area contributed by atoms with Crippen LogP contribution in [-0.2, 0) is 0 Å². The molecule has 3 N–H and O–H groups in total. The van der Waals surface area contributed by atoms with E-state index in [1.54, 1.807) is 6.07 Å². The van der Waals surface area contributed by atoms with Gasteiger partial charge >= 0.3 is 0 Å². The minimum absolute atomic E-state index is 0.0630. The van der Waals surface area contributed by atoms with Gasteiger partial charge in [0.25, 0.3) is 5.91 Å². The molecule has 2 fully saturated rings. The van der Waals surface area contributed by atoms with Crippen LogP contribution in [0.4, 0.5) is 0 Å². The zero-order valence-corrected chi connectivity index (χ0v) is 10.1. The zero-order valence-electron chi connectivity index (χ0n) is 10.1. The summed E-state index contributed by atoms with van der Waals surface area (Å²) in [4.78, 5) is 15.9. The van der Waals surface area contributed by atoms with Crippen LogP contribution in [0.5, 0.6) is 5.75 Å². The van der Waals surface area contributed by atoms with Gasteiger partial charge in [-0.25, -0.2) is 4.98 Å². The number of hydrogen-bond donors (Lipinski definition) is 3. The van der Waals surface area contributed by atoms with Gasteiger partial charge in [-0.15, -0.1) is 0 Å². The van der Waals surface area contributed by atoms with Crippen LogP contribution in [0.2, 0.25) is 0 Å². The molecule has 2 unspecified atom stereocenters. The fourth-order valence-electron chi connectivity index (χ4n) is 3.00. The topological polar surface area (TPSA) is 74.2 Å². The fraction of sp³-hybridized carbons (Fsp3) is 0.538. The lowest BCUT2D eigenvalue weighted by atomic mass is 9.99. The highest BCUT2D eigenvalue weighted by Gasteiger charge is 2.34. The molecule has 0 aromatic carbocycles. The zero-order chi connectivity index (χ0) is 12.5. The molecule has 0 aliphatic carbocycles. The Bertz CT molecular complexity index is 451. The van der Waals surface area contributed by atoms with E-state index in [2.05, 4.69) is 15.6 Å². The van der Waals surface area contributed by atoms with E-state index in [0.717, 1.165) is 12.8 Å². The number of amides is 1. The van der Waals surface area contributed by atoms with E-state index in [4.69, 9.17) is 0 Å². The molecule has 3 heterocycles. The fourth-order valence-corrected chi connectivity index (χ4v) is 3.00. The largest absolute Gasteiger partial charge is 0.505 e. The van der Waals surface area contributed by atoms with Crippen LogP contribution >= 0.6 is 0 Å². The summed E-state index contributed by atoms with van der Waals surface area (Å²) in [6, 6.07) is 4.35. The van der Waals surface area contributed by atoms with Gasteiger partial charge in [0.15, 0.2) is 5.69 Å². The highest BCUT2D eigenvalue weighted by atomic mass is 16.3. The molecule has 5 nitrogen and oxygen atoms in total. The number of aromatic hydroxyl groups is 1. The lowest BCUT2D eigenvalue weighted by Crippen LogP contribution is -2.48. The average Bonchev–Trinajstić information content (AvgIpc) is 2.69. The molecule has 0 radical (unpaired) electrons. The molecule has 2 bridgehead atoms. The van der Waals surface area contributed by atoms with Crippen molar-refractivity contribution in [1.29, 1.82) is 0 Å². The number of rotatable bonds is 2. The van der Waals surface area contributed by atoms with Gasteiger partial charge in [-0.3, -0.25) is 4.79 Å². The standard InChI is InChI=1S/C13H17N3O2/c17-11-2-1-5-14-12(11)13(18)16-10-6-8-3-4-9(7-10)15-8/h1-2,5,8-10,15,17H,3-4,6-7H2,(H,16,18). The number of fused-ring (bicyclic) bond motifs is 2. The van der Waals surface area contributed by atoms with Crippen molar-refractivity contribution in [2.45, 2.75) is 43.8 Å². The number of piperidine rings is 1. The van der Waals surface area contributed by atoms with Gasteiger partial charge in [-0.05, 0) is 37.8 Å². The first-order valence-electron chi connectivity index (χ1n) is 6.43. The molecular weight excluding hydrogens is 230 g/mol. The van der Waals surface area contributed by atoms with Crippen molar-refractivity contribution >= 4 is 5.91 Å². The summed E-state index contributed by atoms with van der Waals surface area (Å²) in [6.45, 7) is 0. The van der Waals surface area contributed by atoms with Crippen LogP contribution < -0.4 is 10.6 Å². The SMILES string of the molecule is O=C(NC1CC2CCC(C1)N2)c1ncccc1O. The normalized spacial score (nSPS) is 30.1. The van der Waals surface area contributed by atoms with Crippen molar-refractivity contribution in [2.75, 3.05) is 0 Å². The number of nitrogens with zero attached hydrogens (tertiary/aromatic N) is 1. The molecular formula is C13H17N3O2. The molecule has 2 aliphatic rings. The summed E-state index contributed by atoms with van der Waals surface area (Å²) in [7, 11) is 0. The highest BCUT2D eigenvalue weighted by Crippen LogP contribution is 2.27. The summed E-state index contributed by atoms with van der Waals surface area (Å²) in [5.41, 5.74) is 0.114. The lowest BCUT2D eigenvalue weighted by molar-refractivity contribution is 0.0916. The minimum atomic E-state index is -0.278. The minimum Gasteiger partial charge on any atom is -0.505 e. The Morgan fingerprint density at radius 1 is 1.39 bits per heavy atom. The summed E-state index contributed by atoms with van der Waals surface area (Å²) in [5.74, 6) is -0.341. The third-order valence-corrected chi connectivity index (χ3v) is 3.81. The Kier molecular flexibility index (Phi) is 2.91. The smallest absolute Gasteiger partial charge is 0.273 e. The second-order valence-electron chi connectivity index (χ2n) is 5.15. The van der Waals surface area contributed by atoms with Crippen molar-refractivity contribution in [2.24, 2.45) is 0 Å². The Morgan fingerprint density at radius 3 is 2.78 bits per heavy atom. The Balaban J connectivity index is 1.66. The Morgan fingerprint density at radius 2 is 2.11 bits per heavy atom. The third-order valence-electron chi connectivity index (χ3n) is 3.81. The first-order chi connectivity index (χ1) is 8.72. The van der Waals surface area contributed by atoms with Crippen molar-refractivity contribution in [3.05, 3.63) is 24.0 Å². The lowest BCUT2D eigenvalue weighted by Gasteiger charge is -2.29. The quantitative estimate of drug-likeness (QED) is 0.722. The highest BCUT2D eigenvalue weighted by molar-refractivity contribution is 5.94. The average molecular weight is 247 g/mol. The van der Waals surface area contributed by atoms with E-state index in [-0.39, 0.29) is 23.4 Å². The Labute approximate surface area is 106 Å². The first-order valence-corrected chi connectivity index (χ1v) is 6.43. The summed E-state index contributed by atoms with van der Waals surface area (Å²) in [6.07, 6.45) is 5.85. The van der Waals surface area contributed by atoms with Crippen LogP contribution in [0.25, 0.3) is 0 Å². The predicted octanol–water partition coefficient (Wildman–Crippen LogP) is 0.800. The van der Waals surface area contributed by atoms with E-state index in [0.29, 0.717) is 12.1 Å². The summed E-state index contributed by atoms with van der Waals surface area (Å²) in [5, 5.41) is 16.1. The summed E-state index contributed by atoms with van der Waals surface area (Å²) >= 11 is 0. The number of carbonyl (C=O) groups excluding carboxylic acids is 1. The van der Waals surface area contributed by atoms with Gasteiger partial charge < -0.3 is 15.7 Å². The van der Waals surface area contributed by atoms with Gasteiger partial charge in [-0.1, -0.05) is 0 Å². The van der Waals surface area contributed by atoms with E-state index in [9.17, 15) is 9.90 Å². The monoisotopic (exact) mass is 247 g/mol. The van der Waals surface area contributed by atoms with Gasteiger partial charge in [0.05, 0.1) is 0 Å². The van der Waals surface area contributed by atoms with Crippen molar-refractivity contribution in [3.63, 3.8) is 0 Å². The van der Waals surface area contributed by atoms with E-state index in [1.165, 1.54) is 25.1 Å². The molecule has 0 spiro atoms. The van der Waals surface area contributed by atoms with Crippen LogP contribution in [0.3, 0.4) is 0 Å². The third kappa shape index (κ3) is 2.18. The van der Waals surface area contributed by atoms with Crippen LogP contribution in [0.1, 0.15) is 36.2 Å². The molecule has 3 rings (SSSR count). The second-order valence-corrected chi connectivity index (χ2v) is 5.15. The van der Waals surface area contributed by atoms with Gasteiger partial charge in [-0.2, -0.15) is 0 Å². The van der Waals surface area contributed by atoms with Gasteiger partial charge in [0, 0.05) is 24.3 Å². The number of carbonyl (C=O) groups is 1. The van der Waals surface area contributed by atoms with Crippen molar-refractivity contribution < 1.29 is 9.90 Å². The van der Waals surface area contributed by atoms with Crippen molar-refractivity contribution in [3.8, 4) is 5.75 Å². The summed E-state index contributed by atoms with van der Waals surface area (Å²) < 4.78 is 0. The maximum Gasteiger partial charge on any atom is 0.273 e. The van der Waals surface area contributed by atoms with Crippen molar-refractivity contribution in [1.82, 2.24) is 15.6 Å². The number of nitrogens with one attached hydrogen (secondary N) is 2. The first kappa shape index (κ1) is 11.5. The second kappa shape index (κ2) is 4.57. The maximum absolute atomic E-state index is 12.0. The molecule has 2 aliphatic heterocycles. The van der Waals surface area contributed by atoms with E-state index >= 15 is 0 Å². The number of aromatic nitrogens is 1. The molecule has 2 atom stereocenters. The van der Waals surface area contributed by atoms with E-state index in [1.807, 2.05) is 0 Å². The predicted molar refractivity (Wildman–Crippen MR) is 66.3 cm³/mol. The molecule has 1 aromatic rings. The van der Waals surface area contributed by atoms with Gasteiger partial charge in [0.2, 0.25) is 0 Å². The maximum atomic E-state index is 12.0. The molecule has 5 heteroatoms. The number of pyridine rings is 1. The van der Waals surface area contributed by atoms with Gasteiger partial charge in [0.1, 0.15) is 5.75 Å². The van der Waals surface area contributed by atoms with Crippen LogP contribution in [0, 0.1) is 0 Å². The number of hydrogen-bond acceptors (Lipinski definition) is 4. The molecule has 1 amide bonds. The molecule has 18 heavy (non-hydrogen) atoms. The molecule has 0 saturated carbocycles. The molecule has 96 valence electrons. The van der Waals surface area contributed by atoms with Crippen LogP contribution in [0.15, 0.2) is 18.3 Å². The molecule has 2 saturated heterocycles. The van der Waals surface area contributed by atoms with E-state index < -0.39 is 0 Å². The van der Waals surface area contributed by atoms with Crippen LogP contribution in [-0.4, -0.2) is 34.1 Å². The Hall–Kier alpha value is -1.62. The molecule has 1 aromatic heterocycles.